The van der Waals surface area contributed by atoms with Crippen molar-refractivity contribution in [3.8, 4) is 5.75 Å². The normalized spacial score (nSPS) is 12.5. The zero-order valence-corrected chi connectivity index (χ0v) is 13.1. The van der Waals surface area contributed by atoms with E-state index in [9.17, 15) is 4.39 Å². The number of hydrogen-bond donors (Lipinski definition) is 1. The Balaban J connectivity index is 2.26. The maximum atomic E-state index is 13.4. The highest BCUT2D eigenvalue weighted by atomic mass is 35.5. The van der Waals surface area contributed by atoms with E-state index in [4.69, 9.17) is 22.1 Å². The van der Waals surface area contributed by atoms with E-state index in [0.29, 0.717) is 17.3 Å². The predicted octanol–water partition coefficient (Wildman–Crippen LogP) is 3.60. The second-order valence-corrected chi connectivity index (χ2v) is 5.30. The molecule has 4 nitrogen and oxygen atoms in total. The van der Waals surface area contributed by atoms with Crippen LogP contribution < -0.4 is 10.5 Å². The first-order valence-electron chi connectivity index (χ1n) is 6.83. The van der Waals surface area contributed by atoms with Crippen molar-refractivity contribution in [3.05, 3.63) is 46.0 Å². The summed E-state index contributed by atoms with van der Waals surface area (Å²) in [6.45, 7) is 6.55. The van der Waals surface area contributed by atoms with Crippen molar-refractivity contribution in [1.82, 2.24) is 9.78 Å². The number of rotatable bonds is 5. The third kappa shape index (κ3) is 3.36. The van der Waals surface area contributed by atoms with Crippen molar-refractivity contribution in [1.29, 1.82) is 0 Å². The minimum atomic E-state index is -0.360. The lowest BCUT2D eigenvalue weighted by atomic mass is 10.1. The number of benzene rings is 1. The summed E-state index contributed by atoms with van der Waals surface area (Å²) in [5, 5.41) is 4.90. The Morgan fingerprint density at radius 1 is 1.48 bits per heavy atom. The summed E-state index contributed by atoms with van der Waals surface area (Å²) >= 11 is 6.23. The van der Waals surface area contributed by atoms with Crippen LogP contribution in [0.3, 0.4) is 0 Å². The fraction of sp³-hybridized carbons (Fsp3) is 0.400. The fourth-order valence-electron chi connectivity index (χ4n) is 2.16. The molecular formula is C15H19ClFN3O. The lowest BCUT2D eigenvalue weighted by Gasteiger charge is -2.14. The smallest absolute Gasteiger partial charge is 0.131 e. The summed E-state index contributed by atoms with van der Waals surface area (Å²) in [6, 6.07) is 4.11. The summed E-state index contributed by atoms with van der Waals surface area (Å²) in [5.41, 5.74) is 8.16. The van der Waals surface area contributed by atoms with E-state index in [2.05, 4.69) is 5.10 Å². The number of aromatic nitrogens is 2. The van der Waals surface area contributed by atoms with E-state index in [0.717, 1.165) is 17.0 Å². The monoisotopic (exact) mass is 311 g/mol. The Morgan fingerprint density at radius 2 is 2.19 bits per heavy atom. The molecule has 0 bridgehead atoms. The second-order valence-electron chi connectivity index (χ2n) is 4.92. The van der Waals surface area contributed by atoms with Crippen LogP contribution in [0.15, 0.2) is 18.2 Å². The standard InChI is InChI=1S/C15H19ClFN3O/c1-4-20-13(15(16)10(3)19-20)8-21-14-7-11(17)5-6-12(14)9(2)18/h5-7,9H,4,8,18H2,1-3H3/t9-/m1/s1. The van der Waals surface area contributed by atoms with E-state index in [1.165, 1.54) is 12.1 Å². The van der Waals surface area contributed by atoms with Gasteiger partial charge in [0.1, 0.15) is 18.2 Å². The largest absolute Gasteiger partial charge is 0.487 e. The van der Waals surface area contributed by atoms with E-state index in [1.54, 1.807) is 10.7 Å². The Morgan fingerprint density at radius 3 is 2.81 bits per heavy atom. The summed E-state index contributed by atoms with van der Waals surface area (Å²) in [7, 11) is 0. The summed E-state index contributed by atoms with van der Waals surface area (Å²) in [5.74, 6) is 0.0725. The maximum Gasteiger partial charge on any atom is 0.131 e. The molecule has 2 N–H and O–H groups in total. The minimum absolute atomic E-state index is 0.219. The molecule has 1 atom stereocenters. The Kier molecular flexibility index (Phi) is 4.85. The van der Waals surface area contributed by atoms with Crippen LogP contribution in [-0.4, -0.2) is 9.78 Å². The van der Waals surface area contributed by atoms with Gasteiger partial charge in [-0.2, -0.15) is 5.10 Å². The molecule has 0 spiro atoms. The molecule has 1 heterocycles. The molecule has 0 amide bonds. The van der Waals surface area contributed by atoms with E-state index in [-0.39, 0.29) is 18.5 Å². The summed E-state index contributed by atoms with van der Waals surface area (Å²) in [6.07, 6.45) is 0. The van der Waals surface area contributed by atoms with Gasteiger partial charge in [0.2, 0.25) is 0 Å². The number of hydrogen-bond acceptors (Lipinski definition) is 3. The van der Waals surface area contributed by atoms with Gasteiger partial charge >= 0.3 is 0 Å². The predicted molar refractivity (Wildman–Crippen MR) is 81.0 cm³/mol. The summed E-state index contributed by atoms with van der Waals surface area (Å²) < 4.78 is 20.9. The molecule has 0 unspecified atom stereocenters. The molecule has 2 aromatic rings. The van der Waals surface area contributed by atoms with Crippen molar-refractivity contribution in [2.24, 2.45) is 5.73 Å². The first kappa shape index (κ1) is 15.8. The molecule has 1 aromatic heterocycles. The minimum Gasteiger partial charge on any atom is -0.487 e. The van der Waals surface area contributed by atoms with Crippen LogP contribution in [0, 0.1) is 12.7 Å². The topological polar surface area (TPSA) is 53.1 Å². The SMILES string of the molecule is CCn1nc(C)c(Cl)c1COc1cc(F)ccc1[C@@H](C)N. The van der Waals surface area contributed by atoms with Crippen LogP contribution in [0.5, 0.6) is 5.75 Å². The van der Waals surface area contributed by atoms with E-state index >= 15 is 0 Å². The molecule has 0 aliphatic carbocycles. The number of aryl methyl sites for hydroxylation is 2. The van der Waals surface area contributed by atoms with Crippen LogP contribution in [-0.2, 0) is 13.2 Å². The highest BCUT2D eigenvalue weighted by Crippen LogP contribution is 2.27. The van der Waals surface area contributed by atoms with Gasteiger partial charge in [0.15, 0.2) is 0 Å². The molecule has 1 aromatic carbocycles. The number of ether oxygens (including phenoxy) is 1. The zero-order chi connectivity index (χ0) is 15.6. The molecule has 2 rings (SSSR count). The lowest BCUT2D eigenvalue weighted by Crippen LogP contribution is -2.10. The highest BCUT2D eigenvalue weighted by molar-refractivity contribution is 6.31. The molecule has 0 radical (unpaired) electrons. The van der Waals surface area contributed by atoms with Crippen molar-refractivity contribution in [3.63, 3.8) is 0 Å². The van der Waals surface area contributed by atoms with Gasteiger partial charge in [-0.3, -0.25) is 4.68 Å². The molecule has 0 aliphatic rings. The van der Waals surface area contributed by atoms with Crippen LogP contribution in [0.2, 0.25) is 5.02 Å². The van der Waals surface area contributed by atoms with Crippen molar-refractivity contribution in [2.45, 2.75) is 40.0 Å². The summed E-state index contributed by atoms with van der Waals surface area (Å²) in [4.78, 5) is 0. The van der Waals surface area contributed by atoms with Gasteiger partial charge in [0.25, 0.3) is 0 Å². The third-order valence-corrected chi connectivity index (χ3v) is 3.78. The molecule has 21 heavy (non-hydrogen) atoms. The molecule has 0 fully saturated rings. The number of nitrogens with zero attached hydrogens (tertiary/aromatic N) is 2. The van der Waals surface area contributed by atoms with E-state index < -0.39 is 0 Å². The van der Waals surface area contributed by atoms with Crippen molar-refractivity contribution < 1.29 is 9.13 Å². The molecule has 6 heteroatoms. The Bertz CT molecular complexity index is 640. The Hall–Kier alpha value is -1.59. The molecule has 114 valence electrons. The van der Waals surface area contributed by atoms with Gasteiger partial charge in [-0.15, -0.1) is 0 Å². The average Bonchev–Trinajstić information content (AvgIpc) is 2.71. The zero-order valence-electron chi connectivity index (χ0n) is 12.4. The van der Waals surface area contributed by atoms with Gasteiger partial charge < -0.3 is 10.5 Å². The third-order valence-electron chi connectivity index (χ3n) is 3.28. The van der Waals surface area contributed by atoms with Crippen LogP contribution in [0.1, 0.15) is 36.8 Å². The van der Waals surface area contributed by atoms with Gasteiger partial charge in [0, 0.05) is 24.2 Å². The van der Waals surface area contributed by atoms with Crippen LogP contribution >= 0.6 is 11.6 Å². The average molecular weight is 312 g/mol. The molecule has 0 saturated carbocycles. The van der Waals surface area contributed by atoms with Crippen molar-refractivity contribution >= 4 is 11.6 Å². The van der Waals surface area contributed by atoms with Crippen LogP contribution in [0.4, 0.5) is 4.39 Å². The van der Waals surface area contributed by atoms with E-state index in [1.807, 2.05) is 20.8 Å². The number of halogens is 2. The van der Waals surface area contributed by atoms with Crippen LogP contribution in [0.25, 0.3) is 0 Å². The van der Waals surface area contributed by atoms with Gasteiger partial charge in [-0.25, -0.2) is 4.39 Å². The molecule has 0 aliphatic heterocycles. The lowest BCUT2D eigenvalue weighted by molar-refractivity contribution is 0.287. The van der Waals surface area contributed by atoms with Gasteiger partial charge in [0.05, 0.1) is 16.4 Å². The van der Waals surface area contributed by atoms with Crippen molar-refractivity contribution in [2.75, 3.05) is 0 Å². The highest BCUT2D eigenvalue weighted by Gasteiger charge is 2.15. The fourth-order valence-corrected chi connectivity index (χ4v) is 2.35. The second kappa shape index (κ2) is 6.45. The molecular weight excluding hydrogens is 293 g/mol. The van der Waals surface area contributed by atoms with Gasteiger partial charge in [-0.05, 0) is 26.8 Å². The number of nitrogens with two attached hydrogens (primary N) is 1. The maximum absolute atomic E-state index is 13.4. The Labute approximate surface area is 128 Å². The molecule has 0 saturated heterocycles. The first-order chi connectivity index (χ1) is 9.93. The quantitative estimate of drug-likeness (QED) is 0.918. The van der Waals surface area contributed by atoms with Gasteiger partial charge in [-0.1, -0.05) is 17.7 Å². The first-order valence-corrected chi connectivity index (χ1v) is 7.21.